The number of hydrogen-bond acceptors (Lipinski definition) is 1. The van der Waals surface area contributed by atoms with Crippen molar-refractivity contribution in [3.63, 3.8) is 0 Å². The number of hydrogen-bond donors (Lipinski definition) is 1. The lowest BCUT2D eigenvalue weighted by molar-refractivity contribution is 0.402. The molecular formula is C17H28BrN. The summed E-state index contributed by atoms with van der Waals surface area (Å²) in [6, 6.07) is 5.14. The topological polar surface area (TPSA) is 12.0 Å². The number of benzene rings is 1. The molecule has 0 saturated carbocycles. The largest absolute Gasteiger partial charge is 0.310 e. The van der Waals surface area contributed by atoms with Crippen molar-refractivity contribution in [1.29, 1.82) is 0 Å². The molecule has 1 N–H and O–H groups in total. The molecule has 108 valence electrons. The molecule has 0 heterocycles. The van der Waals surface area contributed by atoms with E-state index in [9.17, 15) is 0 Å². The molecule has 1 nitrogen and oxygen atoms in total. The average Bonchev–Trinajstić information content (AvgIpc) is 2.39. The van der Waals surface area contributed by atoms with Gasteiger partial charge < -0.3 is 5.32 Å². The van der Waals surface area contributed by atoms with E-state index in [1.165, 1.54) is 40.4 Å². The molecule has 0 amide bonds. The van der Waals surface area contributed by atoms with E-state index in [1.54, 1.807) is 0 Å². The van der Waals surface area contributed by atoms with Crippen molar-refractivity contribution in [2.45, 2.75) is 59.9 Å². The van der Waals surface area contributed by atoms with E-state index in [0.717, 1.165) is 12.5 Å². The van der Waals surface area contributed by atoms with Gasteiger partial charge in [-0.2, -0.15) is 0 Å². The van der Waals surface area contributed by atoms with Crippen LogP contribution in [0.15, 0.2) is 16.6 Å². The minimum atomic E-state index is 0.486. The van der Waals surface area contributed by atoms with Gasteiger partial charge in [-0.15, -0.1) is 0 Å². The maximum absolute atomic E-state index is 3.71. The van der Waals surface area contributed by atoms with Crippen molar-refractivity contribution in [2.24, 2.45) is 5.92 Å². The molecule has 0 aliphatic heterocycles. The fraction of sp³-hybridized carbons (Fsp3) is 0.647. The Morgan fingerprint density at radius 1 is 1.16 bits per heavy atom. The molecule has 1 rings (SSSR count). The van der Waals surface area contributed by atoms with Gasteiger partial charge in [0.25, 0.3) is 0 Å². The quantitative estimate of drug-likeness (QED) is 0.693. The van der Waals surface area contributed by atoms with Gasteiger partial charge in [0.05, 0.1) is 0 Å². The van der Waals surface area contributed by atoms with Crippen LogP contribution in [0.1, 0.15) is 62.8 Å². The predicted octanol–water partition coefficient (Wildman–Crippen LogP) is 5.54. The minimum absolute atomic E-state index is 0.486. The Hall–Kier alpha value is -0.340. The first kappa shape index (κ1) is 16.7. The summed E-state index contributed by atoms with van der Waals surface area (Å²) in [5.74, 6) is 0.763. The van der Waals surface area contributed by atoms with Crippen LogP contribution >= 0.6 is 15.9 Å². The first-order valence-corrected chi connectivity index (χ1v) is 8.28. The van der Waals surface area contributed by atoms with E-state index >= 15 is 0 Å². The van der Waals surface area contributed by atoms with Gasteiger partial charge in [-0.3, -0.25) is 0 Å². The van der Waals surface area contributed by atoms with Crippen LogP contribution in [0.2, 0.25) is 0 Å². The van der Waals surface area contributed by atoms with E-state index < -0.39 is 0 Å². The Kier molecular flexibility index (Phi) is 7.09. The van der Waals surface area contributed by atoms with Crippen molar-refractivity contribution in [3.05, 3.63) is 33.3 Å². The van der Waals surface area contributed by atoms with Gasteiger partial charge in [-0.25, -0.2) is 0 Å². The molecule has 1 aromatic carbocycles. The molecule has 2 heteroatoms. The minimum Gasteiger partial charge on any atom is -0.310 e. The number of nitrogens with one attached hydrogen (secondary N) is 1. The van der Waals surface area contributed by atoms with Gasteiger partial charge in [0.2, 0.25) is 0 Å². The molecule has 1 aromatic rings. The van der Waals surface area contributed by atoms with Crippen LogP contribution in [-0.4, -0.2) is 6.54 Å². The van der Waals surface area contributed by atoms with Gasteiger partial charge in [0.15, 0.2) is 0 Å². The van der Waals surface area contributed by atoms with E-state index in [-0.39, 0.29) is 0 Å². The third-order valence-corrected chi connectivity index (χ3v) is 5.09. The van der Waals surface area contributed by atoms with Crippen molar-refractivity contribution in [1.82, 2.24) is 5.32 Å². The molecule has 0 fully saturated rings. The summed E-state index contributed by atoms with van der Waals surface area (Å²) in [6.07, 6.45) is 3.65. The van der Waals surface area contributed by atoms with Gasteiger partial charge in [-0.05, 0) is 55.8 Å². The van der Waals surface area contributed by atoms with Crippen LogP contribution in [0, 0.1) is 19.8 Å². The first-order chi connectivity index (χ1) is 8.99. The molecule has 0 spiro atoms. The summed E-state index contributed by atoms with van der Waals surface area (Å²) in [7, 11) is 0. The van der Waals surface area contributed by atoms with Crippen molar-refractivity contribution >= 4 is 15.9 Å². The maximum atomic E-state index is 3.71. The highest BCUT2D eigenvalue weighted by Gasteiger charge is 2.15. The maximum Gasteiger partial charge on any atom is 0.0322 e. The molecule has 19 heavy (non-hydrogen) atoms. The third kappa shape index (κ3) is 4.92. The van der Waals surface area contributed by atoms with Gasteiger partial charge in [0.1, 0.15) is 0 Å². The molecule has 0 saturated heterocycles. The molecule has 2 atom stereocenters. The lowest BCUT2D eigenvalue weighted by Crippen LogP contribution is -2.24. The van der Waals surface area contributed by atoms with Crippen LogP contribution in [-0.2, 0) is 0 Å². The Morgan fingerprint density at radius 2 is 1.74 bits per heavy atom. The van der Waals surface area contributed by atoms with E-state index in [2.05, 4.69) is 68.0 Å². The Labute approximate surface area is 127 Å². The summed E-state index contributed by atoms with van der Waals surface area (Å²) in [5, 5.41) is 3.71. The van der Waals surface area contributed by atoms with E-state index in [4.69, 9.17) is 0 Å². The van der Waals surface area contributed by atoms with Gasteiger partial charge >= 0.3 is 0 Å². The van der Waals surface area contributed by atoms with Crippen molar-refractivity contribution < 1.29 is 0 Å². The molecule has 0 aromatic heterocycles. The van der Waals surface area contributed by atoms with Crippen molar-refractivity contribution in [2.75, 3.05) is 6.54 Å². The Morgan fingerprint density at radius 3 is 2.21 bits per heavy atom. The first-order valence-electron chi connectivity index (χ1n) is 7.49. The summed E-state index contributed by atoms with van der Waals surface area (Å²) < 4.78 is 1.24. The number of halogens is 1. The summed E-state index contributed by atoms with van der Waals surface area (Å²) >= 11 is 3.66. The average molecular weight is 326 g/mol. The second-order valence-electron chi connectivity index (χ2n) is 5.72. The summed E-state index contributed by atoms with van der Waals surface area (Å²) in [5.41, 5.74) is 4.11. The van der Waals surface area contributed by atoms with Crippen LogP contribution in [0.5, 0.6) is 0 Å². The molecule has 0 aliphatic carbocycles. The van der Waals surface area contributed by atoms with Crippen LogP contribution in [0.3, 0.4) is 0 Å². The van der Waals surface area contributed by atoms with Gasteiger partial charge in [0, 0.05) is 10.5 Å². The zero-order valence-corrected chi connectivity index (χ0v) is 14.6. The Bertz CT molecular complexity index is 377. The van der Waals surface area contributed by atoms with Crippen LogP contribution in [0.4, 0.5) is 0 Å². The highest BCUT2D eigenvalue weighted by atomic mass is 79.9. The van der Waals surface area contributed by atoms with Crippen molar-refractivity contribution in [3.8, 4) is 0 Å². The van der Waals surface area contributed by atoms with Gasteiger partial charge in [-0.1, -0.05) is 55.3 Å². The highest BCUT2D eigenvalue weighted by molar-refractivity contribution is 9.10. The Balaban J connectivity index is 2.95. The number of aryl methyl sites for hydroxylation is 2. The fourth-order valence-electron chi connectivity index (χ4n) is 2.41. The predicted molar refractivity (Wildman–Crippen MR) is 88.7 cm³/mol. The smallest absolute Gasteiger partial charge is 0.0322 e. The van der Waals surface area contributed by atoms with Crippen LogP contribution < -0.4 is 5.32 Å². The summed E-state index contributed by atoms with van der Waals surface area (Å²) in [4.78, 5) is 0. The van der Waals surface area contributed by atoms with E-state index in [0.29, 0.717) is 6.04 Å². The second-order valence-corrected chi connectivity index (χ2v) is 6.52. The molecule has 0 radical (unpaired) electrons. The molecule has 0 aliphatic rings. The highest BCUT2D eigenvalue weighted by Crippen LogP contribution is 2.29. The zero-order chi connectivity index (χ0) is 14.4. The lowest BCUT2D eigenvalue weighted by Gasteiger charge is -2.23. The lowest BCUT2D eigenvalue weighted by atomic mass is 9.92. The summed E-state index contributed by atoms with van der Waals surface area (Å²) in [6.45, 7) is 12.3. The van der Waals surface area contributed by atoms with E-state index in [1.807, 2.05) is 0 Å². The second kappa shape index (κ2) is 8.06. The standard InChI is InChI=1S/C17H28BrN/c1-6-8-19-16(9-12(3)7-2)15-10-13(4)17(18)14(5)11-15/h10-12,16,19H,6-9H2,1-5H3. The normalized spacial score (nSPS) is 14.4. The zero-order valence-electron chi connectivity index (χ0n) is 13.0. The molecule has 2 unspecified atom stereocenters. The number of rotatable bonds is 7. The molecular weight excluding hydrogens is 298 g/mol. The third-order valence-electron chi connectivity index (χ3n) is 3.84. The molecule has 0 bridgehead atoms. The SMILES string of the molecule is CCCNC(CC(C)CC)c1cc(C)c(Br)c(C)c1. The van der Waals surface area contributed by atoms with Crippen LogP contribution in [0.25, 0.3) is 0 Å². The monoisotopic (exact) mass is 325 g/mol. The fourth-order valence-corrected chi connectivity index (χ4v) is 2.63.